The fourth-order valence-corrected chi connectivity index (χ4v) is 0.455. The van der Waals surface area contributed by atoms with Crippen LogP contribution in [0.15, 0.2) is 0 Å². The number of hydrogen-bond donors (Lipinski definition) is 3. The van der Waals surface area contributed by atoms with Crippen molar-refractivity contribution in [1.29, 1.82) is 0 Å². The second-order valence-corrected chi connectivity index (χ2v) is 2.53. The number of carbonyl (C=O) groups is 1. The Morgan fingerprint density at radius 3 is 2.27 bits per heavy atom. The van der Waals surface area contributed by atoms with Crippen LogP contribution in [0.4, 0.5) is 0 Å². The first-order valence-corrected chi connectivity index (χ1v) is 3.27. The van der Waals surface area contributed by atoms with Crippen LogP contribution in [0.2, 0.25) is 0 Å². The fourth-order valence-electron chi connectivity index (χ4n) is 0.455. The number of hydrogen-bond acceptors (Lipinski definition) is 5. The minimum Gasteiger partial charge on any atom is -0.484 e. The first kappa shape index (κ1) is 10.4. The third kappa shape index (κ3) is 3.97. The monoisotopic (exact) mass is 161 g/mol. The van der Waals surface area contributed by atoms with Crippen LogP contribution in [-0.4, -0.2) is 29.4 Å². The molecule has 0 bridgehead atoms. The van der Waals surface area contributed by atoms with Gasteiger partial charge in [0.25, 0.3) is 0 Å². The summed E-state index contributed by atoms with van der Waals surface area (Å²) in [7, 11) is -2.08. The third-order valence-corrected chi connectivity index (χ3v) is 1.21. The molecular formula is C5H12BNO4. The van der Waals surface area contributed by atoms with Crippen molar-refractivity contribution in [2.24, 2.45) is 11.7 Å². The van der Waals surface area contributed by atoms with E-state index in [2.05, 4.69) is 4.65 Å². The van der Waals surface area contributed by atoms with Crippen molar-refractivity contribution < 1.29 is 19.5 Å². The summed E-state index contributed by atoms with van der Waals surface area (Å²) in [6.45, 7) is 3.46. The zero-order valence-corrected chi connectivity index (χ0v) is 6.52. The van der Waals surface area contributed by atoms with Gasteiger partial charge in [-0.1, -0.05) is 13.8 Å². The molecule has 0 amide bonds. The summed E-state index contributed by atoms with van der Waals surface area (Å²) in [5, 5.41) is 16.4. The summed E-state index contributed by atoms with van der Waals surface area (Å²) < 4.78 is 4.02. The van der Waals surface area contributed by atoms with Crippen LogP contribution in [0.3, 0.4) is 0 Å². The highest BCUT2D eigenvalue weighted by Gasteiger charge is 2.23. The zero-order valence-electron chi connectivity index (χ0n) is 6.52. The smallest absolute Gasteiger partial charge is 0.484 e. The van der Waals surface area contributed by atoms with Gasteiger partial charge in [0, 0.05) is 0 Å². The molecule has 0 aliphatic heterocycles. The van der Waals surface area contributed by atoms with Crippen molar-refractivity contribution >= 4 is 13.3 Å². The molecule has 11 heavy (non-hydrogen) atoms. The molecule has 0 aromatic heterocycles. The molecule has 0 aromatic carbocycles. The van der Waals surface area contributed by atoms with E-state index in [0.29, 0.717) is 0 Å². The highest BCUT2D eigenvalue weighted by molar-refractivity contribution is 6.35. The molecule has 0 heterocycles. The van der Waals surface area contributed by atoms with Gasteiger partial charge in [0.05, 0.1) is 0 Å². The van der Waals surface area contributed by atoms with Gasteiger partial charge in [-0.15, -0.1) is 0 Å². The van der Waals surface area contributed by atoms with Gasteiger partial charge in [0.1, 0.15) is 6.04 Å². The van der Waals surface area contributed by atoms with Crippen LogP contribution in [0.1, 0.15) is 13.8 Å². The molecule has 0 radical (unpaired) electrons. The molecule has 0 aliphatic carbocycles. The van der Waals surface area contributed by atoms with E-state index in [1.807, 2.05) is 0 Å². The van der Waals surface area contributed by atoms with Gasteiger partial charge in [0.15, 0.2) is 0 Å². The Balaban J connectivity index is 3.83. The predicted molar refractivity (Wildman–Crippen MR) is 39.1 cm³/mol. The SMILES string of the molecule is CC(C)[C@H](N)C(=O)OB(O)O. The predicted octanol–water partition coefficient (Wildman–Crippen LogP) is -1.52. The molecule has 1 atom stereocenters. The molecule has 0 fully saturated rings. The van der Waals surface area contributed by atoms with Crippen LogP contribution >= 0.6 is 0 Å². The lowest BCUT2D eigenvalue weighted by Crippen LogP contribution is -2.40. The van der Waals surface area contributed by atoms with E-state index in [0.717, 1.165) is 0 Å². The molecule has 0 aromatic rings. The maximum absolute atomic E-state index is 10.7. The molecule has 0 rings (SSSR count). The molecule has 6 heteroatoms. The highest BCUT2D eigenvalue weighted by Crippen LogP contribution is 2.00. The van der Waals surface area contributed by atoms with Gasteiger partial charge in [-0.2, -0.15) is 0 Å². The van der Waals surface area contributed by atoms with Crippen LogP contribution < -0.4 is 5.73 Å². The normalized spacial score (nSPS) is 12.9. The van der Waals surface area contributed by atoms with Gasteiger partial charge < -0.3 is 20.4 Å². The first-order valence-electron chi connectivity index (χ1n) is 3.27. The molecule has 0 spiro atoms. The highest BCUT2D eigenvalue weighted by atomic mass is 16.6. The first-order chi connectivity index (χ1) is 4.95. The minimum atomic E-state index is -2.08. The van der Waals surface area contributed by atoms with Crippen molar-refractivity contribution in [2.45, 2.75) is 19.9 Å². The second-order valence-electron chi connectivity index (χ2n) is 2.53. The quantitative estimate of drug-likeness (QED) is 0.437. The Labute approximate surface area is 65.3 Å². The average Bonchev–Trinajstić information content (AvgIpc) is 1.84. The lowest BCUT2D eigenvalue weighted by molar-refractivity contribution is -0.139. The largest absolute Gasteiger partial charge is 0.709 e. The number of rotatable bonds is 3. The maximum Gasteiger partial charge on any atom is 0.709 e. The molecular weight excluding hydrogens is 149 g/mol. The number of nitrogens with two attached hydrogens (primary N) is 1. The summed E-state index contributed by atoms with van der Waals surface area (Å²) >= 11 is 0. The van der Waals surface area contributed by atoms with Crippen LogP contribution in [0.5, 0.6) is 0 Å². The Kier molecular flexibility index (Phi) is 4.10. The summed E-state index contributed by atoms with van der Waals surface area (Å²) in [5.41, 5.74) is 5.31. The van der Waals surface area contributed by atoms with E-state index < -0.39 is 19.3 Å². The van der Waals surface area contributed by atoms with Crippen LogP contribution in [0.25, 0.3) is 0 Å². The van der Waals surface area contributed by atoms with Gasteiger partial charge in [0.2, 0.25) is 0 Å². The molecule has 0 aliphatic rings. The van der Waals surface area contributed by atoms with E-state index in [9.17, 15) is 4.79 Å². The van der Waals surface area contributed by atoms with Crippen molar-refractivity contribution in [3.05, 3.63) is 0 Å². The summed E-state index contributed by atoms with van der Waals surface area (Å²) in [4.78, 5) is 10.7. The lowest BCUT2D eigenvalue weighted by atomic mass is 10.1. The van der Waals surface area contributed by atoms with Crippen molar-refractivity contribution in [3.63, 3.8) is 0 Å². The van der Waals surface area contributed by atoms with Gasteiger partial charge >= 0.3 is 13.3 Å². The summed E-state index contributed by atoms with van der Waals surface area (Å²) in [5.74, 6) is -0.892. The van der Waals surface area contributed by atoms with Gasteiger partial charge in [-0.3, -0.25) is 4.79 Å². The van der Waals surface area contributed by atoms with E-state index in [1.54, 1.807) is 13.8 Å². The average molecular weight is 161 g/mol. The molecule has 4 N–H and O–H groups in total. The molecule has 0 saturated carbocycles. The molecule has 64 valence electrons. The Bertz CT molecular complexity index is 138. The van der Waals surface area contributed by atoms with E-state index in [1.165, 1.54) is 0 Å². The molecule has 0 unspecified atom stereocenters. The Morgan fingerprint density at radius 2 is 2.00 bits per heavy atom. The van der Waals surface area contributed by atoms with E-state index >= 15 is 0 Å². The topological polar surface area (TPSA) is 92.8 Å². The fraction of sp³-hybridized carbons (Fsp3) is 0.800. The van der Waals surface area contributed by atoms with Crippen LogP contribution in [0, 0.1) is 5.92 Å². The van der Waals surface area contributed by atoms with Crippen LogP contribution in [-0.2, 0) is 9.45 Å². The molecule has 0 saturated heterocycles. The van der Waals surface area contributed by atoms with Gasteiger partial charge in [-0.25, -0.2) is 0 Å². The minimum absolute atomic E-state index is 0.0822. The third-order valence-electron chi connectivity index (χ3n) is 1.21. The van der Waals surface area contributed by atoms with Crippen molar-refractivity contribution in [3.8, 4) is 0 Å². The van der Waals surface area contributed by atoms with Gasteiger partial charge in [-0.05, 0) is 5.92 Å². The molecule has 5 nitrogen and oxygen atoms in total. The Morgan fingerprint density at radius 1 is 1.55 bits per heavy atom. The van der Waals surface area contributed by atoms with E-state index in [-0.39, 0.29) is 5.92 Å². The van der Waals surface area contributed by atoms with Crippen molar-refractivity contribution in [2.75, 3.05) is 0 Å². The summed E-state index contributed by atoms with van der Waals surface area (Å²) in [6.07, 6.45) is 0. The zero-order chi connectivity index (χ0) is 9.02. The van der Waals surface area contributed by atoms with Crippen molar-refractivity contribution in [1.82, 2.24) is 0 Å². The lowest BCUT2D eigenvalue weighted by Gasteiger charge is -2.13. The summed E-state index contributed by atoms with van der Waals surface area (Å²) in [6, 6.07) is -0.809. The standard InChI is InChI=1S/C5H12BNO4/c1-3(2)4(7)5(8)11-6(9)10/h3-4,9-10H,7H2,1-2H3/t4-/m0/s1. The maximum atomic E-state index is 10.7. The second kappa shape index (κ2) is 4.33. The van der Waals surface area contributed by atoms with E-state index in [4.69, 9.17) is 15.8 Å². The number of carbonyl (C=O) groups excluding carboxylic acids is 1. The Hall–Kier alpha value is -0.585.